The number of nitrogens with two attached hydrogens (primary N) is 2. The van der Waals surface area contributed by atoms with Crippen molar-refractivity contribution in [2.24, 2.45) is 11.5 Å². The molecule has 54 heavy (non-hydrogen) atoms. The molecule has 1 saturated carbocycles. The summed E-state index contributed by atoms with van der Waals surface area (Å²) in [7, 11) is 8.00. The number of primary amides is 1. The SMILES string of the molecule is C=C[C@]1(N)C[C@]1(NC(=O)[C@@H]1C[C@@H](OC(=O)N2Cc3ccc(N(C)C)cc3C2)CN1C(=O)[C@H](CCCCCCCCN(C)C)NC(=O)OC(C)(C)C)C(N)=O. The standard InChI is InChI=1S/C39H62N8O7/c1-9-38(41)25-39(38,34(40)50)43-32(48)31-21-29(53-36(52)46-22-26-17-18-28(45(7)8)20-27(26)23-46)24-47(31)33(49)30(42-35(51)54-37(2,3)4)16-14-12-10-11-13-15-19-44(5)6/h9,17-18,20,29-31H,1,10-16,19,21-25,41H2,2-8H3,(H2,40,50)(H,42,51)(H,43,48)/t29-,30+,31+,38+,39+/m1/s1. The van der Waals surface area contributed by atoms with E-state index in [2.05, 4.69) is 36.2 Å². The largest absolute Gasteiger partial charge is 0.444 e. The number of fused-ring (bicyclic) bond motifs is 1. The fraction of sp³-hybridized carbons (Fsp3) is 0.667. The number of alkyl carbamates (subject to hydrolysis) is 1. The molecular weight excluding hydrogens is 692 g/mol. The highest BCUT2D eigenvalue weighted by Crippen LogP contribution is 2.46. The van der Waals surface area contributed by atoms with Crippen molar-refractivity contribution < 1.29 is 33.4 Å². The third-order valence-electron chi connectivity index (χ3n) is 10.5. The fourth-order valence-electron chi connectivity index (χ4n) is 7.24. The van der Waals surface area contributed by atoms with Crippen LogP contribution in [0, 0.1) is 0 Å². The molecule has 0 radical (unpaired) electrons. The van der Waals surface area contributed by atoms with Crippen molar-refractivity contribution in [3.8, 4) is 0 Å². The first-order chi connectivity index (χ1) is 25.3. The highest BCUT2D eigenvalue weighted by molar-refractivity contribution is 5.99. The molecule has 15 nitrogen and oxygen atoms in total. The van der Waals surface area contributed by atoms with E-state index in [-0.39, 0.29) is 19.4 Å². The number of amides is 5. The lowest BCUT2D eigenvalue weighted by Gasteiger charge is -2.30. The number of nitrogens with zero attached hydrogens (tertiary/aromatic N) is 4. The molecule has 2 fully saturated rings. The normalized spacial score (nSPS) is 23.7. The van der Waals surface area contributed by atoms with Crippen molar-refractivity contribution in [3.63, 3.8) is 0 Å². The number of rotatable bonds is 17. The van der Waals surface area contributed by atoms with Crippen LogP contribution in [0.1, 0.15) is 89.7 Å². The van der Waals surface area contributed by atoms with Gasteiger partial charge >= 0.3 is 12.2 Å². The number of nitrogens with one attached hydrogen (secondary N) is 2. The maximum atomic E-state index is 14.4. The first kappa shape index (κ1) is 42.4. The van der Waals surface area contributed by atoms with Gasteiger partial charge in [-0.05, 0) is 77.5 Å². The van der Waals surface area contributed by atoms with Crippen LogP contribution in [-0.4, -0.2) is 121 Å². The molecule has 1 aromatic carbocycles. The van der Waals surface area contributed by atoms with Crippen molar-refractivity contribution in [2.45, 2.75) is 127 Å². The molecule has 300 valence electrons. The van der Waals surface area contributed by atoms with Crippen molar-refractivity contribution in [3.05, 3.63) is 42.0 Å². The van der Waals surface area contributed by atoms with Crippen LogP contribution in [0.3, 0.4) is 0 Å². The van der Waals surface area contributed by atoms with Crippen LogP contribution in [0.4, 0.5) is 15.3 Å². The van der Waals surface area contributed by atoms with Crippen molar-refractivity contribution in [1.29, 1.82) is 0 Å². The van der Waals surface area contributed by atoms with Gasteiger partial charge in [0.25, 0.3) is 0 Å². The average molecular weight is 755 g/mol. The molecular formula is C39H62N8O7. The third-order valence-corrected chi connectivity index (χ3v) is 10.5. The summed E-state index contributed by atoms with van der Waals surface area (Å²) >= 11 is 0. The summed E-state index contributed by atoms with van der Waals surface area (Å²) in [5, 5.41) is 5.45. The van der Waals surface area contributed by atoms with Crippen molar-refractivity contribution in [1.82, 2.24) is 25.3 Å². The van der Waals surface area contributed by atoms with Crippen LogP contribution < -0.4 is 27.0 Å². The maximum Gasteiger partial charge on any atom is 0.410 e. The summed E-state index contributed by atoms with van der Waals surface area (Å²) < 4.78 is 11.5. The lowest BCUT2D eigenvalue weighted by Crippen LogP contribution is -2.60. The molecule has 1 aliphatic carbocycles. The van der Waals surface area contributed by atoms with E-state index in [0.29, 0.717) is 25.9 Å². The van der Waals surface area contributed by atoms with Crippen molar-refractivity contribution >= 4 is 35.6 Å². The summed E-state index contributed by atoms with van der Waals surface area (Å²) in [6.07, 6.45) is 5.23. The van der Waals surface area contributed by atoms with Crippen LogP contribution in [-0.2, 0) is 36.9 Å². The van der Waals surface area contributed by atoms with Gasteiger partial charge in [-0.25, -0.2) is 9.59 Å². The predicted molar refractivity (Wildman–Crippen MR) is 206 cm³/mol. The second-order valence-corrected chi connectivity index (χ2v) is 16.5. The Morgan fingerprint density at radius 1 is 1.02 bits per heavy atom. The number of benzene rings is 1. The van der Waals surface area contributed by atoms with Crippen LogP contribution in [0.15, 0.2) is 30.9 Å². The molecule has 3 aliphatic rings. The molecule has 0 bridgehead atoms. The molecule has 2 heterocycles. The molecule has 0 aromatic heterocycles. The summed E-state index contributed by atoms with van der Waals surface area (Å²) in [6.45, 7) is 10.5. The van der Waals surface area contributed by atoms with Crippen LogP contribution >= 0.6 is 0 Å². The lowest BCUT2D eigenvalue weighted by molar-refractivity contribution is -0.141. The fourth-order valence-corrected chi connectivity index (χ4v) is 7.24. The van der Waals surface area contributed by atoms with E-state index in [9.17, 15) is 24.0 Å². The Labute approximate surface area is 320 Å². The molecule has 5 amide bonds. The number of hydrogen-bond donors (Lipinski definition) is 4. The Morgan fingerprint density at radius 3 is 2.26 bits per heavy atom. The Balaban J connectivity index is 1.51. The Kier molecular flexibility index (Phi) is 13.7. The molecule has 0 unspecified atom stereocenters. The zero-order chi connectivity index (χ0) is 40.0. The maximum absolute atomic E-state index is 14.4. The van der Waals surface area contributed by atoms with Gasteiger partial charge in [0, 0.05) is 45.7 Å². The summed E-state index contributed by atoms with van der Waals surface area (Å²) in [5.74, 6) is -2.02. The van der Waals surface area contributed by atoms with Gasteiger partial charge in [-0.15, -0.1) is 6.58 Å². The Hall–Kier alpha value is -4.37. The number of hydrogen-bond acceptors (Lipinski definition) is 10. The smallest absolute Gasteiger partial charge is 0.410 e. The molecule has 2 aliphatic heterocycles. The van der Waals surface area contributed by atoms with E-state index >= 15 is 0 Å². The molecule has 4 rings (SSSR count). The summed E-state index contributed by atoms with van der Waals surface area (Å²) in [6, 6.07) is 3.84. The second-order valence-electron chi connectivity index (χ2n) is 16.5. The molecule has 1 aromatic rings. The number of carbonyl (C=O) groups excluding carboxylic acids is 5. The van der Waals surface area contributed by atoms with Crippen LogP contribution in [0.25, 0.3) is 0 Å². The third kappa shape index (κ3) is 10.4. The minimum Gasteiger partial charge on any atom is -0.444 e. The van der Waals surface area contributed by atoms with Crippen molar-refractivity contribution in [2.75, 3.05) is 46.2 Å². The zero-order valence-electron chi connectivity index (χ0n) is 33.2. The highest BCUT2D eigenvalue weighted by atomic mass is 16.6. The molecule has 0 spiro atoms. The van der Waals surface area contributed by atoms with E-state index in [1.54, 1.807) is 25.7 Å². The van der Waals surface area contributed by atoms with E-state index in [1.165, 1.54) is 11.0 Å². The minimum atomic E-state index is -1.58. The molecule has 6 N–H and O–H groups in total. The molecule has 1 saturated heterocycles. The number of anilines is 1. The van der Waals surface area contributed by atoms with E-state index in [0.717, 1.165) is 55.5 Å². The van der Waals surface area contributed by atoms with Gasteiger partial charge in [-0.3, -0.25) is 19.3 Å². The highest BCUT2D eigenvalue weighted by Gasteiger charge is 2.69. The van der Waals surface area contributed by atoms with Gasteiger partial charge in [0.05, 0.1) is 12.1 Å². The number of unbranched alkanes of at least 4 members (excludes halogenated alkanes) is 5. The summed E-state index contributed by atoms with van der Waals surface area (Å²) in [5.41, 5.74) is 11.4. The number of likely N-dealkylation sites (tertiary alicyclic amines) is 1. The number of carbonyl (C=O) groups is 5. The number of ether oxygens (including phenoxy) is 2. The monoisotopic (exact) mass is 754 g/mol. The van der Waals surface area contributed by atoms with Gasteiger partial charge in [0.15, 0.2) is 0 Å². The van der Waals surface area contributed by atoms with Gasteiger partial charge in [-0.1, -0.05) is 44.2 Å². The van der Waals surface area contributed by atoms with Gasteiger partial charge in [0.1, 0.15) is 29.3 Å². The second kappa shape index (κ2) is 17.4. The first-order valence-electron chi connectivity index (χ1n) is 19.0. The first-order valence-corrected chi connectivity index (χ1v) is 19.0. The Morgan fingerprint density at radius 2 is 1.67 bits per heavy atom. The van der Waals surface area contributed by atoms with Gasteiger partial charge < -0.3 is 46.3 Å². The lowest BCUT2D eigenvalue weighted by atomic mass is 10.0. The van der Waals surface area contributed by atoms with E-state index < -0.39 is 64.8 Å². The zero-order valence-corrected chi connectivity index (χ0v) is 33.2. The van der Waals surface area contributed by atoms with Gasteiger partial charge in [0.2, 0.25) is 17.7 Å². The Bertz CT molecular complexity index is 1560. The van der Waals surface area contributed by atoms with Gasteiger partial charge in [-0.2, -0.15) is 0 Å². The van der Waals surface area contributed by atoms with E-state index in [1.807, 2.05) is 37.2 Å². The van der Waals surface area contributed by atoms with E-state index in [4.69, 9.17) is 20.9 Å². The topological polar surface area (TPSA) is 193 Å². The minimum absolute atomic E-state index is 0.0402. The van der Waals surface area contributed by atoms with Crippen LogP contribution in [0.5, 0.6) is 0 Å². The quantitative estimate of drug-likeness (QED) is 0.136. The molecule has 15 heteroatoms. The van der Waals surface area contributed by atoms with Crippen LogP contribution in [0.2, 0.25) is 0 Å². The average Bonchev–Trinajstić information content (AvgIpc) is 3.37. The predicted octanol–water partition coefficient (Wildman–Crippen LogP) is 2.99. The summed E-state index contributed by atoms with van der Waals surface area (Å²) in [4.78, 5) is 74.7. The molecule has 5 atom stereocenters.